The molecular formula is C30H34N2O2. The van der Waals surface area contributed by atoms with Crippen LogP contribution in [-0.4, -0.2) is 31.0 Å². The Labute approximate surface area is 203 Å². The zero-order valence-corrected chi connectivity index (χ0v) is 20.6. The van der Waals surface area contributed by atoms with Crippen LogP contribution in [0.5, 0.6) is 5.75 Å². The SMILES string of the molecule is Cc1ccc(-c2ccc3c(c2)C=C(C(=O)Nc2ccc(CN(C)CC(C)C)cc2)CCO3)cc1. The third-order valence-electron chi connectivity index (χ3n) is 5.99. The molecular weight excluding hydrogens is 420 g/mol. The molecule has 1 amide bonds. The van der Waals surface area contributed by atoms with E-state index in [9.17, 15) is 4.79 Å². The predicted octanol–water partition coefficient (Wildman–Crippen LogP) is 6.55. The second-order valence-electron chi connectivity index (χ2n) is 9.63. The Balaban J connectivity index is 1.47. The lowest BCUT2D eigenvalue weighted by Gasteiger charge is -2.19. The van der Waals surface area contributed by atoms with Crippen molar-refractivity contribution in [2.45, 2.75) is 33.7 Å². The van der Waals surface area contributed by atoms with E-state index in [4.69, 9.17) is 4.74 Å². The molecule has 3 aromatic rings. The monoisotopic (exact) mass is 454 g/mol. The van der Waals surface area contributed by atoms with Crippen molar-refractivity contribution in [2.75, 3.05) is 25.5 Å². The van der Waals surface area contributed by atoms with Gasteiger partial charge in [-0.05, 0) is 66.9 Å². The van der Waals surface area contributed by atoms with Gasteiger partial charge in [-0.1, -0.05) is 61.9 Å². The number of aryl methyl sites for hydroxylation is 1. The molecule has 0 radical (unpaired) electrons. The molecule has 1 N–H and O–H groups in total. The minimum Gasteiger partial charge on any atom is -0.493 e. The molecule has 1 heterocycles. The van der Waals surface area contributed by atoms with Gasteiger partial charge >= 0.3 is 0 Å². The lowest BCUT2D eigenvalue weighted by Crippen LogP contribution is -2.22. The molecule has 1 aliphatic rings. The van der Waals surface area contributed by atoms with Crippen LogP contribution in [0.15, 0.2) is 72.3 Å². The van der Waals surface area contributed by atoms with Gasteiger partial charge in [-0.15, -0.1) is 0 Å². The third-order valence-corrected chi connectivity index (χ3v) is 5.99. The van der Waals surface area contributed by atoms with E-state index in [0.29, 0.717) is 18.9 Å². The topological polar surface area (TPSA) is 41.6 Å². The first-order chi connectivity index (χ1) is 16.4. The fourth-order valence-corrected chi connectivity index (χ4v) is 4.33. The van der Waals surface area contributed by atoms with Gasteiger partial charge < -0.3 is 15.0 Å². The molecule has 0 unspecified atom stereocenters. The highest BCUT2D eigenvalue weighted by Gasteiger charge is 2.16. The smallest absolute Gasteiger partial charge is 0.251 e. The first-order valence-corrected chi connectivity index (χ1v) is 12.0. The standard InChI is InChI=1S/C30H34N2O2/c1-21(2)19-32(4)20-23-7-12-28(13-8-23)31-30(33)26-15-16-34-29-14-11-25(17-27(29)18-26)24-9-5-22(3)6-10-24/h5-14,17-18,21H,15-16,19-20H2,1-4H3,(H,31,33). The number of anilines is 1. The highest BCUT2D eigenvalue weighted by Crippen LogP contribution is 2.31. The molecule has 0 fully saturated rings. The minimum absolute atomic E-state index is 0.0816. The van der Waals surface area contributed by atoms with Crippen molar-refractivity contribution in [3.8, 4) is 16.9 Å². The normalized spacial score (nSPS) is 13.2. The van der Waals surface area contributed by atoms with Gasteiger partial charge in [0.1, 0.15) is 5.75 Å². The van der Waals surface area contributed by atoms with E-state index in [0.717, 1.165) is 46.8 Å². The molecule has 0 saturated carbocycles. The second-order valence-corrected chi connectivity index (χ2v) is 9.63. The van der Waals surface area contributed by atoms with Gasteiger partial charge in [-0.25, -0.2) is 0 Å². The van der Waals surface area contributed by atoms with Crippen LogP contribution < -0.4 is 10.1 Å². The maximum Gasteiger partial charge on any atom is 0.251 e. The Morgan fingerprint density at radius 1 is 1.00 bits per heavy atom. The zero-order chi connectivity index (χ0) is 24.1. The molecule has 3 aromatic carbocycles. The van der Waals surface area contributed by atoms with Crippen LogP contribution in [0.1, 0.15) is 37.0 Å². The number of rotatable bonds is 7. The van der Waals surface area contributed by atoms with Crippen LogP contribution in [0.4, 0.5) is 5.69 Å². The molecule has 0 bridgehead atoms. The van der Waals surface area contributed by atoms with E-state index in [1.54, 1.807) is 0 Å². The van der Waals surface area contributed by atoms with Crippen molar-refractivity contribution < 1.29 is 9.53 Å². The number of fused-ring (bicyclic) bond motifs is 1. The fourth-order valence-electron chi connectivity index (χ4n) is 4.33. The molecule has 0 atom stereocenters. The van der Waals surface area contributed by atoms with E-state index in [-0.39, 0.29) is 5.91 Å². The van der Waals surface area contributed by atoms with Gasteiger partial charge in [0.15, 0.2) is 0 Å². The van der Waals surface area contributed by atoms with Crippen molar-refractivity contribution >= 4 is 17.7 Å². The van der Waals surface area contributed by atoms with Gasteiger partial charge in [-0.3, -0.25) is 4.79 Å². The third kappa shape index (κ3) is 6.15. The van der Waals surface area contributed by atoms with Crippen molar-refractivity contribution in [1.29, 1.82) is 0 Å². The van der Waals surface area contributed by atoms with E-state index < -0.39 is 0 Å². The highest BCUT2D eigenvalue weighted by atomic mass is 16.5. The number of carbonyl (C=O) groups is 1. The molecule has 4 heteroatoms. The summed E-state index contributed by atoms with van der Waals surface area (Å²) in [5, 5.41) is 3.06. The number of nitrogens with zero attached hydrogens (tertiary/aromatic N) is 1. The van der Waals surface area contributed by atoms with E-state index in [2.05, 4.69) is 86.6 Å². The van der Waals surface area contributed by atoms with Crippen LogP contribution in [0.2, 0.25) is 0 Å². The number of nitrogens with one attached hydrogen (secondary N) is 1. The Morgan fingerprint density at radius 3 is 2.41 bits per heavy atom. The summed E-state index contributed by atoms with van der Waals surface area (Å²) < 4.78 is 5.93. The summed E-state index contributed by atoms with van der Waals surface area (Å²) in [6.45, 7) is 8.98. The fraction of sp³-hybridized carbons (Fsp3) is 0.300. The number of ether oxygens (including phenoxy) is 1. The van der Waals surface area contributed by atoms with E-state index >= 15 is 0 Å². The Kier molecular flexibility index (Phi) is 7.49. The van der Waals surface area contributed by atoms with E-state index in [1.807, 2.05) is 24.3 Å². The number of hydrogen-bond acceptors (Lipinski definition) is 3. The minimum atomic E-state index is -0.0816. The lowest BCUT2D eigenvalue weighted by atomic mass is 10.00. The van der Waals surface area contributed by atoms with Gasteiger partial charge in [0.2, 0.25) is 0 Å². The molecule has 4 nitrogen and oxygen atoms in total. The van der Waals surface area contributed by atoms with E-state index in [1.165, 1.54) is 11.1 Å². The molecule has 0 aromatic heterocycles. The summed E-state index contributed by atoms with van der Waals surface area (Å²) in [5.41, 5.74) is 7.19. The quantitative estimate of drug-likeness (QED) is 0.440. The number of amides is 1. The summed E-state index contributed by atoms with van der Waals surface area (Å²) >= 11 is 0. The van der Waals surface area contributed by atoms with Crippen LogP contribution in [0.3, 0.4) is 0 Å². The molecule has 1 aliphatic heterocycles. The molecule has 0 aliphatic carbocycles. The van der Waals surface area contributed by atoms with Gasteiger partial charge in [0.05, 0.1) is 6.61 Å². The van der Waals surface area contributed by atoms with Crippen LogP contribution in [-0.2, 0) is 11.3 Å². The number of hydrogen-bond donors (Lipinski definition) is 1. The highest BCUT2D eigenvalue weighted by molar-refractivity contribution is 6.07. The molecule has 0 spiro atoms. The summed E-state index contributed by atoms with van der Waals surface area (Å²) in [4.78, 5) is 15.4. The molecule has 176 valence electrons. The molecule has 0 saturated heterocycles. The largest absolute Gasteiger partial charge is 0.493 e. The summed E-state index contributed by atoms with van der Waals surface area (Å²) in [5.74, 6) is 1.37. The van der Waals surface area contributed by atoms with Crippen LogP contribution in [0, 0.1) is 12.8 Å². The number of carbonyl (C=O) groups excluding carboxylic acids is 1. The predicted molar refractivity (Wildman–Crippen MR) is 141 cm³/mol. The van der Waals surface area contributed by atoms with Gasteiger partial charge in [0.25, 0.3) is 5.91 Å². The van der Waals surface area contributed by atoms with Crippen molar-refractivity contribution in [3.63, 3.8) is 0 Å². The summed E-state index contributed by atoms with van der Waals surface area (Å²) in [7, 11) is 2.14. The molecule has 34 heavy (non-hydrogen) atoms. The van der Waals surface area contributed by atoms with Gasteiger partial charge in [0, 0.05) is 36.3 Å². The van der Waals surface area contributed by atoms with Crippen LogP contribution in [0.25, 0.3) is 17.2 Å². The second kappa shape index (κ2) is 10.7. The molecule has 4 rings (SSSR count). The van der Waals surface area contributed by atoms with Crippen LogP contribution >= 0.6 is 0 Å². The number of benzene rings is 3. The summed E-state index contributed by atoms with van der Waals surface area (Å²) in [6, 6.07) is 22.8. The van der Waals surface area contributed by atoms with Crippen molar-refractivity contribution in [3.05, 3.63) is 89.0 Å². The first kappa shape index (κ1) is 23.8. The maximum atomic E-state index is 13.1. The van der Waals surface area contributed by atoms with Crippen molar-refractivity contribution in [1.82, 2.24) is 4.90 Å². The zero-order valence-electron chi connectivity index (χ0n) is 20.6. The van der Waals surface area contributed by atoms with Gasteiger partial charge in [-0.2, -0.15) is 0 Å². The average molecular weight is 455 g/mol. The van der Waals surface area contributed by atoms with Crippen molar-refractivity contribution in [2.24, 2.45) is 5.92 Å². The first-order valence-electron chi connectivity index (χ1n) is 12.0. The Hall–Kier alpha value is -3.37. The Morgan fingerprint density at radius 2 is 1.71 bits per heavy atom. The Bertz CT molecular complexity index is 1160. The average Bonchev–Trinajstić information content (AvgIpc) is 3.02. The maximum absolute atomic E-state index is 13.1. The summed E-state index contributed by atoms with van der Waals surface area (Å²) in [6.07, 6.45) is 2.53. The lowest BCUT2D eigenvalue weighted by molar-refractivity contribution is -0.113.